The lowest BCUT2D eigenvalue weighted by Crippen LogP contribution is -1.98. The van der Waals surface area contributed by atoms with Gasteiger partial charge in [0.1, 0.15) is 0 Å². The predicted molar refractivity (Wildman–Crippen MR) is 40.0 cm³/mol. The van der Waals surface area contributed by atoms with Gasteiger partial charge in [0.2, 0.25) is 0 Å². The third kappa shape index (κ3) is 1.70. The number of alkyl halides is 1. The molecule has 0 saturated carbocycles. The van der Waals surface area contributed by atoms with Gasteiger partial charge in [0.15, 0.2) is 0 Å². The predicted octanol–water partition coefficient (Wildman–Crippen LogP) is 0.986. The van der Waals surface area contributed by atoms with Gasteiger partial charge < -0.3 is 0 Å². The summed E-state index contributed by atoms with van der Waals surface area (Å²) in [5.41, 5.74) is 1.14. The Morgan fingerprint density at radius 1 is 1.70 bits per heavy atom. The Labute approximate surface area is 65.0 Å². The van der Waals surface area contributed by atoms with Crippen molar-refractivity contribution in [2.75, 3.05) is 5.88 Å². The summed E-state index contributed by atoms with van der Waals surface area (Å²) in [7, 11) is 1.89. The van der Waals surface area contributed by atoms with Gasteiger partial charge in [-0.1, -0.05) is 5.21 Å². The lowest BCUT2D eigenvalue weighted by atomic mass is 10.3. The van der Waals surface area contributed by atoms with Crippen molar-refractivity contribution in [1.82, 2.24) is 15.0 Å². The highest BCUT2D eigenvalue weighted by Gasteiger charge is 1.96. The Morgan fingerprint density at radius 2 is 2.50 bits per heavy atom. The minimum atomic E-state index is 0.700. The van der Waals surface area contributed by atoms with Crippen molar-refractivity contribution in [3.05, 3.63) is 11.9 Å². The third-order valence-electron chi connectivity index (χ3n) is 1.37. The van der Waals surface area contributed by atoms with E-state index in [1.807, 2.05) is 7.05 Å². The highest BCUT2D eigenvalue weighted by atomic mass is 35.5. The maximum Gasteiger partial charge on any atom is 0.0724 e. The van der Waals surface area contributed by atoms with E-state index in [-0.39, 0.29) is 0 Å². The zero-order valence-corrected chi connectivity index (χ0v) is 6.67. The molecule has 0 aliphatic carbocycles. The first kappa shape index (κ1) is 7.54. The van der Waals surface area contributed by atoms with Crippen molar-refractivity contribution in [2.24, 2.45) is 7.05 Å². The van der Waals surface area contributed by atoms with Crippen LogP contribution in [0.3, 0.4) is 0 Å². The van der Waals surface area contributed by atoms with Crippen LogP contribution in [0.2, 0.25) is 0 Å². The van der Waals surface area contributed by atoms with Crippen molar-refractivity contribution < 1.29 is 0 Å². The Morgan fingerprint density at radius 3 is 3.00 bits per heavy atom. The molecular formula is C6H10ClN3. The number of rotatable bonds is 3. The molecule has 0 fully saturated rings. The smallest absolute Gasteiger partial charge is 0.0724 e. The van der Waals surface area contributed by atoms with Crippen molar-refractivity contribution in [3.63, 3.8) is 0 Å². The lowest BCUT2D eigenvalue weighted by molar-refractivity contribution is 0.670. The van der Waals surface area contributed by atoms with Crippen LogP contribution in [-0.4, -0.2) is 20.9 Å². The molecule has 0 saturated heterocycles. The van der Waals surface area contributed by atoms with E-state index in [0.29, 0.717) is 5.88 Å². The second-order valence-corrected chi connectivity index (χ2v) is 2.52. The van der Waals surface area contributed by atoms with Crippen LogP contribution >= 0.6 is 11.6 Å². The zero-order valence-electron chi connectivity index (χ0n) is 5.92. The number of hydrogen-bond donors (Lipinski definition) is 0. The monoisotopic (exact) mass is 159 g/mol. The molecule has 1 aromatic heterocycles. The van der Waals surface area contributed by atoms with E-state index >= 15 is 0 Å². The largest absolute Gasteiger partial charge is 0.252 e. The fraction of sp³-hybridized carbons (Fsp3) is 0.667. The number of aromatic nitrogens is 3. The highest BCUT2D eigenvalue weighted by molar-refractivity contribution is 6.17. The van der Waals surface area contributed by atoms with Crippen LogP contribution in [-0.2, 0) is 13.5 Å². The van der Waals surface area contributed by atoms with Gasteiger partial charge in [-0.05, 0) is 12.8 Å². The molecule has 0 radical (unpaired) electrons. The maximum atomic E-state index is 5.52. The number of aryl methyl sites for hydroxylation is 2. The van der Waals surface area contributed by atoms with Gasteiger partial charge in [-0.15, -0.1) is 16.7 Å². The summed E-state index contributed by atoms with van der Waals surface area (Å²) >= 11 is 5.52. The quantitative estimate of drug-likeness (QED) is 0.616. The van der Waals surface area contributed by atoms with Crippen LogP contribution < -0.4 is 0 Å². The van der Waals surface area contributed by atoms with E-state index in [1.54, 1.807) is 10.9 Å². The van der Waals surface area contributed by atoms with E-state index in [0.717, 1.165) is 18.5 Å². The molecule has 10 heavy (non-hydrogen) atoms. The Hall–Kier alpha value is -0.570. The third-order valence-corrected chi connectivity index (χ3v) is 1.64. The number of hydrogen-bond acceptors (Lipinski definition) is 2. The van der Waals surface area contributed by atoms with E-state index in [1.165, 1.54) is 0 Å². The van der Waals surface area contributed by atoms with Crippen LogP contribution in [0.25, 0.3) is 0 Å². The second kappa shape index (κ2) is 3.56. The van der Waals surface area contributed by atoms with Crippen molar-refractivity contribution in [3.8, 4) is 0 Å². The van der Waals surface area contributed by atoms with Crippen LogP contribution in [0.1, 0.15) is 12.1 Å². The zero-order chi connectivity index (χ0) is 7.40. The van der Waals surface area contributed by atoms with Crippen LogP contribution in [0.4, 0.5) is 0 Å². The average molecular weight is 160 g/mol. The summed E-state index contributed by atoms with van der Waals surface area (Å²) in [4.78, 5) is 0. The Kier molecular flexibility index (Phi) is 2.68. The molecule has 3 nitrogen and oxygen atoms in total. The van der Waals surface area contributed by atoms with Crippen LogP contribution in [0.15, 0.2) is 6.20 Å². The Bertz CT molecular complexity index is 197. The first-order valence-corrected chi connectivity index (χ1v) is 3.77. The number of nitrogens with zero attached hydrogens (tertiary/aromatic N) is 3. The van der Waals surface area contributed by atoms with E-state index in [4.69, 9.17) is 11.6 Å². The van der Waals surface area contributed by atoms with Gasteiger partial charge in [0.25, 0.3) is 0 Å². The average Bonchev–Trinajstić information content (AvgIpc) is 2.31. The summed E-state index contributed by atoms with van der Waals surface area (Å²) in [6.07, 6.45) is 3.72. The molecule has 0 amide bonds. The van der Waals surface area contributed by atoms with Crippen molar-refractivity contribution >= 4 is 11.6 Å². The second-order valence-electron chi connectivity index (χ2n) is 2.14. The molecule has 0 aliphatic rings. The number of halogens is 1. The molecule has 0 N–H and O–H groups in total. The minimum absolute atomic E-state index is 0.700. The summed E-state index contributed by atoms with van der Waals surface area (Å²) in [5.74, 6) is 0.700. The summed E-state index contributed by atoms with van der Waals surface area (Å²) in [5, 5.41) is 7.54. The summed E-state index contributed by atoms with van der Waals surface area (Å²) in [6, 6.07) is 0. The molecule has 0 atom stereocenters. The molecule has 4 heteroatoms. The fourth-order valence-corrected chi connectivity index (χ4v) is 0.919. The molecule has 0 aromatic carbocycles. The normalized spacial score (nSPS) is 10.2. The van der Waals surface area contributed by atoms with Crippen LogP contribution in [0, 0.1) is 0 Å². The molecule has 1 rings (SSSR count). The molecule has 1 aromatic rings. The Balaban J connectivity index is 2.49. The van der Waals surface area contributed by atoms with Gasteiger partial charge in [-0.25, -0.2) is 0 Å². The molecule has 0 aliphatic heterocycles. The molecule has 0 spiro atoms. The van der Waals surface area contributed by atoms with Gasteiger partial charge >= 0.3 is 0 Å². The SMILES string of the molecule is Cn1nncc1CCCCl. The van der Waals surface area contributed by atoms with E-state index < -0.39 is 0 Å². The highest BCUT2D eigenvalue weighted by Crippen LogP contribution is 1.98. The molecule has 0 unspecified atom stereocenters. The fourth-order valence-electron chi connectivity index (χ4n) is 0.785. The van der Waals surface area contributed by atoms with Gasteiger partial charge in [-0.3, -0.25) is 4.68 Å². The summed E-state index contributed by atoms with van der Waals surface area (Å²) < 4.78 is 1.77. The molecular weight excluding hydrogens is 150 g/mol. The standard InChI is InChI=1S/C6H10ClN3/c1-10-6(3-2-4-7)5-8-9-10/h5H,2-4H2,1H3. The summed E-state index contributed by atoms with van der Waals surface area (Å²) in [6.45, 7) is 0. The minimum Gasteiger partial charge on any atom is -0.252 e. The van der Waals surface area contributed by atoms with E-state index in [2.05, 4.69) is 10.3 Å². The van der Waals surface area contributed by atoms with E-state index in [9.17, 15) is 0 Å². The van der Waals surface area contributed by atoms with Gasteiger partial charge in [-0.2, -0.15) is 0 Å². The topological polar surface area (TPSA) is 30.7 Å². The molecule has 1 heterocycles. The van der Waals surface area contributed by atoms with Crippen molar-refractivity contribution in [2.45, 2.75) is 12.8 Å². The lowest BCUT2D eigenvalue weighted by Gasteiger charge is -1.95. The first-order valence-electron chi connectivity index (χ1n) is 3.24. The van der Waals surface area contributed by atoms with Gasteiger partial charge in [0.05, 0.1) is 11.9 Å². The molecule has 56 valence electrons. The molecule has 0 bridgehead atoms. The first-order chi connectivity index (χ1) is 4.84. The van der Waals surface area contributed by atoms with Gasteiger partial charge in [0, 0.05) is 12.9 Å². The maximum absolute atomic E-state index is 5.52. The van der Waals surface area contributed by atoms with Crippen LogP contribution in [0.5, 0.6) is 0 Å². The van der Waals surface area contributed by atoms with Crippen molar-refractivity contribution in [1.29, 1.82) is 0 Å².